The first kappa shape index (κ1) is 14.1. The fourth-order valence-electron chi connectivity index (χ4n) is 2.17. The van der Waals surface area contributed by atoms with Gasteiger partial charge in [0.1, 0.15) is 11.6 Å². The Hall–Kier alpha value is -1.29. The van der Waals surface area contributed by atoms with Gasteiger partial charge < -0.3 is 9.64 Å². The summed E-state index contributed by atoms with van der Waals surface area (Å²) in [4.78, 5) is 13.9. The molecule has 1 saturated heterocycles. The Labute approximate surface area is 117 Å². The number of carbonyl (C=O) groups excluding carboxylic acids is 1. The average molecular weight is 286 g/mol. The van der Waals surface area contributed by atoms with Crippen molar-refractivity contribution in [3.05, 3.63) is 29.6 Å². The van der Waals surface area contributed by atoms with E-state index in [0.29, 0.717) is 24.8 Å². The van der Waals surface area contributed by atoms with Crippen LogP contribution in [0.2, 0.25) is 0 Å². The average Bonchev–Trinajstić information content (AvgIpc) is 2.41. The van der Waals surface area contributed by atoms with E-state index in [1.807, 2.05) is 0 Å². The first-order valence-electron chi connectivity index (χ1n) is 6.29. The van der Waals surface area contributed by atoms with Crippen LogP contribution in [0.25, 0.3) is 0 Å². The van der Waals surface area contributed by atoms with Gasteiger partial charge >= 0.3 is 0 Å². The Morgan fingerprint density at radius 2 is 2.26 bits per heavy atom. The van der Waals surface area contributed by atoms with Gasteiger partial charge in [0.2, 0.25) is 0 Å². The molecule has 19 heavy (non-hydrogen) atoms. The fraction of sp³-hybridized carbons (Fsp3) is 0.500. The SMILES string of the molecule is COc1ccc(C(=O)N2CCC(C)C(Cl)C2)c(F)c1. The number of methoxy groups -OCH3 is 1. The third-order valence-electron chi connectivity index (χ3n) is 3.56. The van der Waals surface area contributed by atoms with E-state index >= 15 is 0 Å². The summed E-state index contributed by atoms with van der Waals surface area (Å²) in [5, 5.41) is -0.0704. The third-order valence-corrected chi connectivity index (χ3v) is 4.13. The Morgan fingerprint density at radius 1 is 1.53 bits per heavy atom. The number of benzene rings is 1. The minimum absolute atomic E-state index is 0.0687. The number of ether oxygens (including phenoxy) is 1. The molecule has 2 atom stereocenters. The zero-order valence-corrected chi connectivity index (χ0v) is 11.8. The van der Waals surface area contributed by atoms with Gasteiger partial charge in [-0.3, -0.25) is 4.79 Å². The van der Waals surface area contributed by atoms with Crippen molar-refractivity contribution in [2.45, 2.75) is 18.7 Å². The van der Waals surface area contributed by atoms with Crippen LogP contribution in [-0.4, -0.2) is 36.4 Å². The van der Waals surface area contributed by atoms with Crippen molar-refractivity contribution in [2.24, 2.45) is 5.92 Å². The zero-order valence-electron chi connectivity index (χ0n) is 11.0. The van der Waals surface area contributed by atoms with Crippen molar-refractivity contribution in [3.8, 4) is 5.75 Å². The summed E-state index contributed by atoms with van der Waals surface area (Å²) in [5.41, 5.74) is 0.0687. The Kier molecular flexibility index (Phi) is 4.30. The molecule has 0 aliphatic carbocycles. The molecule has 1 amide bonds. The molecule has 2 rings (SSSR count). The third kappa shape index (κ3) is 3.00. The van der Waals surface area contributed by atoms with Crippen molar-refractivity contribution < 1.29 is 13.9 Å². The molecule has 0 saturated carbocycles. The van der Waals surface area contributed by atoms with Crippen LogP contribution < -0.4 is 4.74 Å². The molecule has 1 fully saturated rings. The van der Waals surface area contributed by atoms with Crippen LogP contribution in [-0.2, 0) is 0 Å². The summed E-state index contributed by atoms with van der Waals surface area (Å²) in [7, 11) is 1.46. The Bertz CT molecular complexity index is 481. The molecule has 0 spiro atoms. The lowest BCUT2D eigenvalue weighted by Gasteiger charge is -2.34. The lowest BCUT2D eigenvalue weighted by atomic mass is 9.98. The predicted octanol–water partition coefficient (Wildman–Crippen LogP) is 2.92. The Morgan fingerprint density at radius 3 is 2.84 bits per heavy atom. The number of halogens is 2. The highest BCUT2D eigenvalue weighted by Crippen LogP contribution is 2.24. The smallest absolute Gasteiger partial charge is 0.256 e. The second-order valence-corrected chi connectivity index (χ2v) is 5.44. The van der Waals surface area contributed by atoms with Gasteiger partial charge in [-0.2, -0.15) is 0 Å². The molecule has 1 aliphatic heterocycles. The number of rotatable bonds is 2. The zero-order chi connectivity index (χ0) is 14.0. The molecule has 104 valence electrons. The van der Waals surface area contributed by atoms with Gasteiger partial charge in [-0.15, -0.1) is 11.6 Å². The maximum absolute atomic E-state index is 13.9. The van der Waals surface area contributed by atoms with Crippen molar-refractivity contribution in [1.82, 2.24) is 4.90 Å². The van der Waals surface area contributed by atoms with E-state index in [9.17, 15) is 9.18 Å². The summed E-state index contributed by atoms with van der Waals surface area (Å²) in [6.07, 6.45) is 0.845. The number of nitrogens with zero attached hydrogens (tertiary/aromatic N) is 1. The molecule has 2 unspecified atom stereocenters. The van der Waals surface area contributed by atoms with E-state index in [2.05, 4.69) is 6.92 Å². The number of piperidine rings is 1. The molecular formula is C14H17ClFNO2. The molecule has 0 radical (unpaired) electrons. The van der Waals surface area contributed by atoms with Gasteiger partial charge in [-0.25, -0.2) is 4.39 Å². The lowest BCUT2D eigenvalue weighted by Crippen LogP contribution is -2.44. The minimum Gasteiger partial charge on any atom is -0.497 e. The summed E-state index contributed by atoms with van der Waals surface area (Å²) < 4.78 is 18.8. The van der Waals surface area contributed by atoms with Crippen LogP contribution >= 0.6 is 11.6 Å². The molecule has 1 heterocycles. The van der Waals surface area contributed by atoms with Crippen LogP contribution in [0.4, 0.5) is 4.39 Å². The van der Waals surface area contributed by atoms with Crippen LogP contribution in [0, 0.1) is 11.7 Å². The molecule has 5 heteroatoms. The van der Waals surface area contributed by atoms with Crippen LogP contribution in [0.5, 0.6) is 5.75 Å². The molecule has 3 nitrogen and oxygen atoms in total. The van der Waals surface area contributed by atoms with Crippen molar-refractivity contribution in [2.75, 3.05) is 20.2 Å². The molecule has 0 N–H and O–H groups in total. The summed E-state index contributed by atoms with van der Waals surface area (Å²) in [5.74, 6) is -0.0882. The maximum atomic E-state index is 13.9. The molecule has 0 aromatic heterocycles. The first-order valence-corrected chi connectivity index (χ1v) is 6.73. The number of likely N-dealkylation sites (tertiary alicyclic amines) is 1. The molecule has 0 bridgehead atoms. The second-order valence-electron chi connectivity index (χ2n) is 4.88. The van der Waals surface area contributed by atoms with E-state index < -0.39 is 5.82 Å². The largest absolute Gasteiger partial charge is 0.497 e. The van der Waals surface area contributed by atoms with Gasteiger partial charge in [-0.1, -0.05) is 6.92 Å². The van der Waals surface area contributed by atoms with Crippen LogP contribution in [0.1, 0.15) is 23.7 Å². The molecule has 1 aliphatic rings. The second kappa shape index (κ2) is 5.78. The van der Waals surface area contributed by atoms with Crippen LogP contribution in [0.15, 0.2) is 18.2 Å². The highest BCUT2D eigenvalue weighted by atomic mass is 35.5. The normalized spacial score (nSPS) is 23.3. The fourth-order valence-corrected chi connectivity index (χ4v) is 2.47. The highest BCUT2D eigenvalue weighted by molar-refractivity contribution is 6.21. The van der Waals surface area contributed by atoms with Gasteiger partial charge in [-0.05, 0) is 24.5 Å². The van der Waals surface area contributed by atoms with Gasteiger partial charge in [0, 0.05) is 19.2 Å². The topological polar surface area (TPSA) is 29.5 Å². The Balaban J connectivity index is 2.16. The van der Waals surface area contributed by atoms with E-state index in [-0.39, 0.29) is 16.8 Å². The number of hydrogen-bond donors (Lipinski definition) is 0. The number of alkyl halides is 1. The first-order chi connectivity index (χ1) is 9.02. The van der Waals surface area contributed by atoms with E-state index in [0.717, 1.165) is 6.42 Å². The van der Waals surface area contributed by atoms with Crippen molar-refractivity contribution in [1.29, 1.82) is 0 Å². The minimum atomic E-state index is -0.561. The van der Waals surface area contributed by atoms with Gasteiger partial charge in [0.25, 0.3) is 5.91 Å². The predicted molar refractivity (Wildman–Crippen MR) is 72.3 cm³/mol. The van der Waals surface area contributed by atoms with E-state index in [4.69, 9.17) is 16.3 Å². The summed E-state index contributed by atoms with van der Waals surface area (Å²) >= 11 is 6.17. The molecule has 1 aromatic carbocycles. The van der Waals surface area contributed by atoms with Crippen LogP contribution in [0.3, 0.4) is 0 Å². The number of carbonyl (C=O) groups is 1. The lowest BCUT2D eigenvalue weighted by molar-refractivity contribution is 0.0696. The van der Waals surface area contributed by atoms with Crippen molar-refractivity contribution in [3.63, 3.8) is 0 Å². The molecule has 1 aromatic rings. The van der Waals surface area contributed by atoms with Gasteiger partial charge in [0.15, 0.2) is 0 Å². The summed E-state index contributed by atoms with van der Waals surface area (Å²) in [6, 6.07) is 4.26. The van der Waals surface area contributed by atoms with Crippen molar-refractivity contribution >= 4 is 17.5 Å². The standard InChI is InChI=1S/C14H17ClFNO2/c1-9-5-6-17(8-12(9)15)14(18)11-4-3-10(19-2)7-13(11)16/h3-4,7,9,12H,5-6,8H2,1-2H3. The number of hydrogen-bond acceptors (Lipinski definition) is 2. The van der Waals surface area contributed by atoms with E-state index in [1.165, 1.54) is 19.2 Å². The molecular weight excluding hydrogens is 269 g/mol. The summed E-state index contributed by atoms with van der Waals surface area (Å²) in [6.45, 7) is 3.15. The highest BCUT2D eigenvalue weighted by Gasteiger charge is 2.29. The monoisotopic (exact) mass is 285 g/mol. The van der Waals surface area contributed by atoms with E-state index in [1.54, 1.807) is 11.0 Å². The van der Waals surface area contributed by atoms with Gasteiger partial charge in [0.05, 0.1) is 18.1 Å². The maximum Gasteiger partial charge on any atom is 0.256 e. The quantitative estimate of drug-likeness (QED) is 0.782. The number of amides is 1.